The van der Waals surface area contributed by atoms with Gasteiger partial charge in [0.1, 0.15) is 11.2 Å². The van der Waals surface area contributed by atoms with Crippen molar-refractivity contribution < 1.29 is 4.42 Å². The van der Waals surface area contributed by atoms with Crippen molar-refractivity contribution >= 4 is 53.4 Å². The van der Waals surface area contributed by atoms with Gasteiger partial charge in [-0.05, 0) is 57.6 Å². The van der Waals surface area contributed by atoms with Crippen LogP contribution >= 0.6 is 11.3 Å². The summed E-state index contributed by atoms with van der Waals surface area (Å²) in [6, 6.07) is 65.8. The first-order chi connectivity index (χ1) is 27.7. The summed E-state index contributed by atoms with van der Waals surface area (Å²) in [4.78, 5) is 15.1. The Morgan fingerprint density at radius 2 is 0.857 bits per heavy atom. The molecule has 11 rings (SSSR count). The number of rotatable bonds is 6. The molecule has 0 spiro atoms. The molecule has 0 aliphatic rings. The highest BCUT2D eigenvalue weighted by Crippen LogP contribution is 2.42. The van der Waals surface area contributed by atoms with Crippen LogP contribution in [0.15, 0.2) is 192 Å². The van der Waals surface area contributed by atoms with E-state index in [0.29, 0.717) is 17.5 Å². The summed E-state index contributed by atoms with van der Waals surface area (Å²) in [5, 5.41) is 4.65. The number of furan rings is 1. The molecule has 0 aliphatic carbocycles. The van der Waals surface area contributed by atoms with Crippen LogP contribution in [0.1, 0.15) is 0 Å². The number of hydrogen-bond donors (Lipinski definition) is 0. The average Bonchev–Trinajstić information content (AvgIpc) is 3.85. The van der Waals surface area contributed by atoms with Gasteiger partial charge in [0.05, 0.1) is 5.56 Å². The molecule has 8 aromatic carbocycles. The van der Waals surface area contributed by atoms with Gasteiger partial charge in [0.2, 0.25) is 0 Å². The first-order valence-corrected chi connectivity index (χ1v) is 19.5. The smallest absolute Gasteiger partial charge is 0.167 e. The minimum absolute atomic E-state index is 0.573. The quantitative estimate of drug-likeness (QED) is 0.171. The third-order valence-corrected chi connectivity index (χ3v) is 11.8. The van der Waals surface area contributed by atoms with Crippen molar-refractivity contribution in [3.63, 3.8) is 0 Å². The van der Waals surface area contributed by atoms with E-state index in [4.69, 9.17) is 19.4 Å². The van der Waals surface area contributed by atoms with E-state index in [1.54, 1.807) is 0 Å². The molecule has 3 aromatic heterocycles. The van der Waals surface area contributed by atoms with Gasteiger partial charge in [-0.3, -0.25) is 0 Å². The molecule has 0 saturated carbocycles. The van der Waals surface area contributed by atoms with Crippen LogP contribution in [-0.4, -0.2) is 15.0 Å². The normalized spacial score (nSPS) is 11.6. The highest BCUT2D eigenvalue weighted by Gasteiger charge is 2.18. The molecule has 5 heteroatoms. The van der Waals surface area contributed by atoms with Gasteiger partial charge in [-0.1, -0.05) is 164 Å². The van der Waals surface area contributed by atoms with Gasteiger partial charge < -0.3 is 4.42 Å². The van der Waals surface area contributed by atoms with Crippen LogP contribution in [0, 0.1) is 0 Å². The third-order valence-electron chi connectivity index (χ3n) is 10.6. The van der Waals surface area contributed by atoms with Gasteiger partial charge in [0.15, 0.2) is 17.5 Å². The molecule has 262 valence electrons. The Bertz CT molecular complexity index is 3220. The Labute approximate surface area is 327 Å². The fourth-order valence-corrected chi connectivity index (χ4v) is 8.97. The number of para-hydroxylation sites is 2. The van der Waals surface area contributed by atoms with E-state index in [2.05, 4.69) is 127 Å². The van der Waals surface area contributed by atoms with E-state index in [1.165, 1.54) is 48.0 Å². The molecule has 0 N–H and O–H groups in total. The average molecular weight is 734 g/mol. The zero-order valence-corrected chi connectivity index (χ0v) is 30.9. The standard InChI is InChI=1S/C51H31N3OS/c1-3-11-32(12-4-1)33-21-23-34(24-22-33)38-29-30-46-44(31-38)42-18-9-16-39(48(42)56-46)35-25-27-37(28-26-35)50-52-49(36-13-5-2-6-14-36)53-51(54-50)43-19-10-17-41-40-15-7-8-20-45(40)55-47(41)43/h1-31H. The van der Waals surface area contributed by atoms with Crippen molar-refractivity contribution in [3.05, 3.63) is 188 Å². The van der Waals surface area contributed by atoms with E-state index in [0.717, 1.165) is 44.2 Å². The van der Waals surface area contributed by atoms with Gasteiger partial charge >= 0.3 is 0 Å². The van der Waals surface area contributed by atoms with Gasteiger partial charge in [-0.15, -0.1) is 11.3 Å². The number of nitrogens with zero attached hydrogens (tertiary/aromatic N) is 3. The Morgan fingerprint density at radius 3 is 1.61 bits per heavy atom. The van der Waals surface area contributed by atoms with Gasteiger partial charge in [0.25, 0.3) is 0 Å². The van der Waals surface area contributed by atoms with Crippen molar-refractivity contribution in [1.29, 1.82) is 0 Å². The summed E-state index contributed by atoms with van der Waals surface area (Å²) in [5.41, 5.74) is 11.5. The van der Waals surface area contributed by atoms with Crippen LogP contribution in [-0.2, 0) is 0 Å². The van der Waals surface area contributed by atoms with Crippen LogP contribution in [0.3, 0.4) is 0 Å². The number of aromatic nitrogens is 3. The number of fused-ring (bicyclic) bond motifs is 6. The molecule has 3 heterocycles. The van der Waals surface area contributed by atoms with E-state index >= 15 is 0 Å². The molecule has 4 nitrogen and oxygen atoms in total. The highest BCUT2D eigenvalue weighted by atomic mass is 32.1. The largest absolute Gasteiger partial charge is 0.455 e. The van der Waals surface area contributed by atoms with Gasteiger partial charge in [-0.2, -0.15) is 0 Å². The fourth-order valence-electron chi connectivity index (χ4n) is 7.76. The molecule has 0 unspecified atom stereocenters. The molecule has 11 aromatic rings. The first-order valence-electron chi connectivity index (χ1n) is 18.7. The highest BCUT2D eigenvalue weighted by molar-refractivity contribution is 7.26. The molecule has 0 radical (unpaired) electrons. The second kappa shape index (κ2) is 13.3. The first kappa shape index (κ1) is 32.2. The van der Waals surface area contributed by atoms with Crippen molar-refractivity contribution in [2.75, 3.05) is 0 Å². The summed E-state index contributed by atoms with van der Waals surface area (Å²) in [6.45, 7) is 0. The third kappa shape index (κ3) is 5.56. The fraction of sp³-hybridized carbons (Fsp3) is 0. The predicted octanol–water partition coefficient (Wildman–Crippen LogP) is 14.1. The zero-order valence-electron chi connectivity index (χ0n) is 30.1. The summed E-state index contributed by atoms with van der Waals surface area (Å²) in [5.74, 6) is 1.80. The van der Waals surface area contributed by atoms with Crippen molar-refractivity contribution in [1.82, 2.24) is 15.0 Å². The Hall–Kier alpha value is -7.21. The molecule has 0 amide bonds. The van der Waals surface area contributed by atoms with Crippen LogP contribution in [0.4, 0.5) is 0 Å². The van der Waals surface area contributed by atoms with E-state index in [-0.39, 0.29) is 0 Å². The maximum atomic E-state index is 6.40. The summed E-state index contributed by atoms with van der Waals surface area (Å²) in [6.07, 6.45) is 0. The second-order valence-electron chi connectivity index (χ2n) is 14.0. The SMILES string of the molecule is c1ccc(-c2ccc(-c3ccc4sc5c(-c6ccc(-c7nc(-c8ccccc8)nc(-c8cccc9c8oc8ccccc89)n7)cc6)cccc5c4c3)cc2)cc1. The van der Waals surface area contributed by atoms with Crippen LogP contribution in [0.25, 0.3) is 110 Å². The van der Waals surface area contributed by atoms with Crippen LogP contribution in [0.2, 0.25) is 0 Å². The van der Waals surface area contributed by atoms with Crippen molar-refractivity contribution in [2.24, 2.45) is 0 Å². The minimum atomic E-state index is 0.573. The van der Waals surface area contributed by atoms with E-state index in [9.17, 15) is 0 Å². The van der Waals surface area contributed by atoms with Crippen LogP contribution < -0.4 is 0 Å². The maximum Gasteiger partial charge on any atom is 0.167 e. The molecule has 0 aliphatic heterocycles. The zero-order chi connectivity index (χ0) is 37.0. The van der Waals surface area contributed by atoms with Crippen LogP contribution in [0.5, 0.6) is 0 Å². The lowest BCUT2D eigenvalue weighted by Crippen LogP contribution is -2.00. The molecular weight excluding hydrogens is 703 g/mol. The minimum Gasteiger partial charge on any atom is -0.455 e. The number of benzene rings is 8. The van der Waals surface area contributed by atoms with Crippen molar-refractivity contribution in [3.8, 4) is 67.5 Å². The second-order valence-corrected chi connectivity index (χ2v) is 15.0. The lowest BCUT2D eigenvalue weighted by Gasteiger charge is -2.10. The number of hydrogen-bond acceptors (Lipinski definition) is 5. The van der Waals surface area contributed by atoms with Gasteiger partial charge in [-0.25, -0.2) is 15.0 Å². The summed E-state index contributed by atoms with van der Waals surface area (Å²) < 4.78 is 8.95. The number of thiophene rings is 1. The summed E-state index contributed by atoms with van der Waals surface area (Å²) in [7, 11) is 0. The van der Waals surface area contributed by atoms with E-state index < -0.39 is 0 Å². The monoisotopic (exact) mass is 733 g/mol. The lowest BCUT2D eigenvalue weighted by molar-refractivity contribution is 0.669. The molecule has 0 fully saturated rings. The molecule has 0 atom stereocenters. The Kier molecular flexibility index (Phi) is 7.64. The molecular formula is C51H31N3OS. The Morgan fingerprint density at radius 1 is 0.339 bits per heavy atom. The summed E-state index contributed by atoms with van der Waals surface area (Å²) >= 11 is 1.85. The maximum absolute atomic E-state index is 6.40. The Balaban J connectivity index is 0.968. The van der Waals surface area contributed by atoms with E-state index in [1.807, 2.05) is 72.0 Å². The predicted molar refractivity (Wildman–Crippen MR) is 233 cm³/mol. The topological polar surface area (TPSA) is 51.8 Å². The van der Waals surface area contributed by atoms with Crippen molar-refractivity contribution in [2.45, 2.75) is 0 Å². The lowest BCUT2D eigenvalue weighted by atomic mass is 9.98. The molecule has 0 bridgehead atoms. The molecule has 0 saturated heterocycles. The van der Waals surface area contributed by atoms with Gasteiger partial charge in [0, 0.05) is 42.1 Å². The molecule has 56 heavy (non-hydrogen) atoms.